The molecule has 0 fully saturated rings. The molecule has 0 spiro atoms. The molecule has 2 aromatic carbocycles. The summed E-state index contributed by atoms with van der Waals surface area (Å²) < 4.78 is 84.3. The van der Waals surface area contributed by atoms with E-state index in [9.17, 15) is 45.5 Å². The molecule has 16 N–H and O–H groups in total. The van der Waals surface area contributed by atoms with Crippen molar-refractivity contribution in [3.63, 3.8) is 0 Å². The molecule has 0 radical (unpaired) electrons. The van der Waals surface area contributed by atoms with E-state index in [1.165, 1.54) is 6.92 Å². The lowest BCUT2D eigenvalue weighted by atomic mass is 10.1. The number of carbonyl (C=O) groups excluding carboxylic acids is 4. The van der Waals surface area contributed by atoms with Gasteiger partial charge in [0.2, 0.25) is 11.8 Å². The third-order valence-electron chi connectivity index (χ3n) is 7.04. The van der Waals surface area contributed by atoms with Crippen LogP contribution in [0, 0.1) is 10.8 Å². The molecule has 0 heterocycles. The Morgan fingerprint density at radius 2 is 1.08 bits per heavy atom. The number of anilines is 4. The van der Waals surface area contributed by atoms with Gasteiger partial charge in [0.25, 0.3) is 11.8 Å². The number of guanidine groups is 2. The van der Waals surface area contributed by atoms with Crippen LogP contribution in [0.5, 0.6) is 0 Å². The summed E-state index contributed by atoms with van der Waals surface area (Å²) in [6.45, 7) is 4.83. The summed E-state index contributed by atoms with van der Waals surface area (Å²) in [6, 6.07) is 2.55. The quantitative estimate of drug-likeness (QED) is 0.0227. The Morgan fingerprint density at radius 3 is 1.42 bits per heavy atom. The minimum absolute atomic E-state index is 0.0175. The van der Waals surface area contributed by atoms with Crippen molar-refractivity contribution in [1.29, 1.82) is 10.8 Å². The first kappa shape index (κ1) is 49.4. The molecule has 0 aliphatic carbocycles. The first-order chi connectivity index (χ1) is 27.6. The van der Waals surface area contributed by atoms with E-state index < -0.39 is 81.7 Å². The van der Waals surface area contributed by atoms with Crippen LogP contribution in [0.25, 0.3) is 0 Å². The number of rotatable bonds is 20. The van der Waals surface area contributed by atoms with Crippen molar-refractivity contribution in [2.24, 2.45) is 27.9 Å². The second-order valence-corrected chi connectivity index (χ2v) is 13.9. The number of hydrogen-bond donors (Lipinski definition) is 12. The molecule has 0 atom stereocenters. The Bertz CT molecular complexity index is 1970. The molecule has 25 heteroatoms. The first-order valence-electron chi connectivity index (χ1n) is 17.0. The van der Waals surface area contributed by atoms with E-state index in [2.05, 4.69) is 43.5 Å². The Balaban J connectivity index is 2.57. The lowest BCUT2D eigenvalue weighted by molar-refractivity contribution is -0.138. The molecule has 17 nitrogen and oxygen atoms in total. The standard InChI is InChI=1S/C34H43F6N13O4S2/c1-3-47-24(30(57)53-23-16-19(34(38,39)40)14-21(28(23)59-11-7-42)51-26(55)5-9-49-32(45)46)12-17(2)29(56)52-22-15-18(33(35,36)37)13-20(27(22)58-10-6-41)50-25(54)4-8-48-31(43)44/h3,12-16H,2,4-11,41-42H2,1H3,(H,50,54)(H,51,55)(H,52,56)(H,53,57)(H4,43,44,48)(H4,45,46,49)/b24-12-,47-3-. The van der Waals surface area contributed by atoms with Crippen LogP contribution in [-0.2, 0) is 31.5 Å². The van der Waals surface area contributed by atoms with Crippen molar-refractivity contribution in [1.82, 2.24) is 10.6 Å². The zero-order valence-corrected chi connectivity index (χ0v) is 32.9. The summed E-state index contributed by atoms with van der Waals surface area (Å²) in [6.07, 6.45) is -8.57. The summed E-state index contributed by atoms with van der Waals surface area (Å²) >= 11 is 1.81. The largest absolute Gasteiger partial charge is 0.416 e. The number of nitrogens with zero attached hydrogens (tertiary/aromatic N) is 1. The summed E-state index contributed by atoms with van der Waals surface area (Å²) in [5, 5.41) is 28.5. The number of thioether (sulfide) groups is 2. The molecular formula is C34H43F6N13O4S2. The monoisotopic (exact) mass is 875 g/mol. The summed E-state index contributed by atoms with van der Waals surface area (Å²) in [5.41, 5.74) is 16.5. The Kier molecular flexibility index (Phi) is 19.2. The fraction of sp³-hybridized carbons (Fsp3) is 0.324. The van der Waals surface area contributed by atoms with E-state index in [4.69, 9.17) is 33.8 Å². The van der Waals surface area contributed by atoms with Gasteiger partial charge in [0.1, 0.15) is 5.70 Å². The molecule has 2 aromatic rings. The van der Waals surface area contributed by atoms with Crippen LogP contribution in [0.15, 0.2) is 63.0 Å². The maximum atomic E-state index is 14.1. The minimum Gasteiger partial charge on any atom is -0.370 e. The van der Waals surface area contributed by atoms with Crippen LogP contribution in [0.1, 0.15) is 30.9 Å². The highest BCUT2D eigenvalue weighted by atomic mass is 32.2. The van der Waals surface area contributed by atoms with Crippen molar-refractivity contribution in [2.45, 2.75) is 41.9 Å². The third kappa shape index (κ3) is 16.5. The molecular weight excluding hydrogens is 833 g/mol. The van der Waals surface area contributed by atoms with E-state index in [-0.39, 0.29) is 71.7 Å². The molecule has 59 heavy (non-hydrogen) atoms. The number of carbonyl (C=O) groups is 4. The van der Waals surface area contributed by atoms with E-state index in [0.717, 1.165) is 35.8 Å². The van der Waals surface area contributed by atoms with E-state index in [1.54, 1.807) is 0 Å². The Hall–Kier alpha value is -5.79. The van der Waals surface area contributed by atoms with Gasteiger partial charge >= 0.3 is 12.4 Å². The Morgan fingerprint density at radius 1 is 0.712 bits per heavy atom. The average Bonchev–Trinajstić information content (AvgIpc) is 3.12. The summed E-state index contributed by atoms with van der Waals surface area (Å²) in [5.74, 6) is -4.43. The number of benzene rings is 2. The topological polar surface area (TPSA) is 305 Å². The van der Waals surface area contributed by atoms with Crippen molar-refractivity contribution < 1.29 is 45.5 Å². The first-order valence-corrected chi connectivity index (χ1v) is 19.0. The van der Waals surface area contributed by atoms with Crippen molar-refractivity contribution >= 4 is 88.0 Å². The third-order valence-corrected chi connectivity index (χ3v) is 9.38. The van der Waals surface area contributed by atoms with Crippen LogP contribution in [-0.4, -0.2) is 79.4 Å². The lowest BCUT2D eigenvalue weighted by Crippen LogP contribution is -2.32. The molecule has 4 amide bonds. The molecule has 0 saturated heterocycles. The lowest BCUT2D eigenvalue weighted by Gasteiger charge is -2.20. The molecule has 0 saturated carbocycles. The van der Waals surface area contributed by atoms with Gasteiger partial charge in [-0.15, -0.1) is 23.5 Å². The van der Waals surface area contributed by atoms with Gasteiger partial charge in [-0.05, 0) is 37.3 Å². The van der Waals surface area contributed by atoms with Gasteiger partial charge in [0.15, 0.2) is 11.9 Å². The molecule has 0 aliphatic rings. The van der Waals surface area contributed by atoms with E-state index in [1.807, 2.05) is 0 Å². The zero-order valence-electron chi connectivity index (χ0n) is 31.3. The van der Waals surface area contributed by atoms with Gasteiger partial charge in [-0.3, -0.25) is 35.0 Å². The zero-order chi connectivity index (χ0) is 44.5. The summed E-state index contributed by atoms with van der Waals surface area (Å²) in [7, 11) is 0. The van der Waals surface area contributed by atoms with Crippen molar-refractivity contribution in [2.75, 3.05) is 59.0 Å². The number of hydrogen-bond acceptors (Lipinski definition) is 11. The van der Waals surface area contributed by atoms with Crippen LogP contribution in [0.3, 0.4) is 0 Å². The number of aliphatic imine (C=N–C) groups is 1. The highest BCUT2D eigenvalue weighted by Gasteiger charge is 2.34. The number of halogens is 6. The molecule has 322 valence electrons. The molecule has 0 bridgehead atoms. The molecule has 0 unspecified atom stereocenters. The second kappa shape index (κ2) is 23.0. The second-order valence-electron chi connectivity index (χ2n) is 11.7. The molecule has 2 rings (SSSR count). The number of amides is 4. The number of alkyl halides is 6. The van der Waals surface area contributed by atoms with E-state index in [0.29, 0.717) is 24.3 Å². The molecule has 0 aromatic heterocycles. The van der Waals surface area contributed by atoms with Gasteiger partial charge in [0.05, 0.1) is 43.7 Å². The van der Waals surface area contributed by atoms with Crippen LogP contribution >= 0.6 is 23.5 Å². The highest BCUT2D eigenvalue weighted by molar-refractivity contribution is 7.99. The van der Waals surface area contributed by atoms with Gasteiger partial charge < -0.3 is 54.8 Å². The predicted molar refractivity (Wildman–Crippen MR) is 217 cm³/mol. The SMILES string of the molecule is C=C(/C=C(\N=C/C)C(=O)Nc1cc(C(F)(F)F)cc(NC(=O)CCNC(=N)N)c1SCCN)C(=O)Nc1cc(C(F)(F)F)cc(NC(=O)CCNC(=N)N)c1SCCN. The van der Waals surface area contributed by atoms with Gasteiger partial charge in [-0.2, -0.15) is 26.3 Å². The van der Waals surface area contributed by atoms with E-state index >= 15 is 0 Å². The average molecular weight is 876 g/mol. The highest BCUT2D eigenvalue weighted by Crippen LogP contribution is 2.43. The van der Waals surface area contributed by atoms with Gasteiger partial charge in [0, 0.05) is 62.3 Å². The van der Waals surface area contributed by atoms with Gasteiger partial charge in [-0.1, -0.05) is 6.58 Å². The maximum absolute atomic E-state index is 14.1. The Labute approximate surface area is 342 Å². The fourth-order valence-electron chi connectivity index (χ4n) is 4.56. The smallest absolute Gasteiger partial charge is 0.370 e. The normalized spacial score (nSPS) is 11.8. The van der Waals surface area contributed by atoms with Crippen LogP contribution in [0.2, 0.25) is 0 Å². The van der Waals surface area contributed by atoms with Crippen molar-refractivity contribution in [3.05, 3.63) is 59.3 Å². The molecule has 0 aliphatic heterocycles. The van der Waals surface area contributed by atoms with Crippen LogP contribution in [0.4, 0.5) is 49.1 Å². The van der Waals surface area contributed by atoms with Crippen molar-refractivity contribution in [3.8, 4) is 0 Å². The number of nitrogens with two attached hydrogens (primary N) is 4. The number of nitrogens with one attached hydrogen (secondary N) is 8. The predicted octanol–water partition coefficient (Wildman–Crippen LogP) is 3.56. The van der Waals surface area contributed by atoms with Gasteiger partial charge in [-0.25, -0.2) is 0 Å². The minimum atomic E-state index is -4.96. The fourth-order valence-corrected chi connectivity index (χ4v) is 6.26. The maximum Gasteiger partial charge on any atom is 0.416 e. The van der Waals surface area contributed by atoms with Crippen LogP contribution < -0.4 is 54.8 Å². The summed E-state index contributed by atoms with van der Waals surface area (Å²) in [4.78, 5) is 56.2.